The van der Waals surface area contributed by atoms with E-state index in [0.29, 0.717) is 16.8 Å². The summed E-state index contributed by atoms with van der Waals surface area (Å²) in [5.41, 5.74) is 9.59. The predicted molar refractivity (Wildman–Crippen MR) is 197 cm³/mol. The van der Waals surface area contributed by atoms with E-state index in [1.165, 1.54) is 0 Å². The molecule has 0 saturated carbocycles. The maximum Gasteiger partial charge on any atom is 0.220 e. The van der Waals surface area contributed by atoms with Crippen LogP contribution < -0.4 is 0 Å². The summed E-state index contributed by atoms with van der Waals surface area (Å²) in [4.78, 5) is 4.33. The van der Waals surface area contributed by atoms with Crippen LogP contribution in [0.3, 0.4) is 0 Å². The van der Waals surface area contributed by atoms with Crippen molar-refractivity contribution in [3.8, 4) is 39.7 Å². The first-order valence-electron chi connectivity index (χ1n) is 15.9. The molecule has 0 N–H and O–H groups in total. The number of fused-ring (bicyclic) bond motifs is 6. The molecule has 0 aliphatic rings. The molecule has 0 unspecified atom stereocenters. The van der Waals surface area contributed by atoms with Gasteiger partial charge in [-0.05, 0) is 35.4 Å². The van der Waals surface area contributed by atoms with Crippen LogP contribution in [0.2, 0.25) is 0 Å². The van der Waals surface area contributed by atoms with Gasteiger partial charge in [-0.1, -0.05) is 133 Å². The first-order valence-corrected chi connectivity index (χ1v) is 15.9. The van der Waals surface area contributed by atoms with Crippen molar-refractivity contribution in [2.45, 2.75) is 0 Å². The number of nitriles is 1. The second-order valence-corrected chi connectivity index (χ2v) is 11.9. The van der Waals surface area contributed by atoms with Crippen LogP contribution in [0.25, 0.3) is 82.1 Å². The molecule has 0 aliphatic carbocycles. The normalized spacial score (nSPS) is 11.3. The van der Waals surface area contributed by atoms with Gasteiger partial charge < -0.3 is 9.13 Å². The number of aromatic nitrogens is 2. The molecule has 2 heterocycles. The molecular weight excluding hydrogens is 585 g/mol. The fourth-order valence-electron chi connectivity index (χ4n) is 7.46. The van der Waals surface area contributed by atoms with E-state index in [-0.39, 0.29) is 0 Å². The molecule has 0 aliphatic heterocycles. The summed E-state index contributed by atoms with van der Waals surface area (Å²) in [7, 11) is 0. The second kappa shape index (κ2) is 10.9. The average Bonchev–Trinajstić information content (AvgIpc) is 3.67. The topological polar surface area (TPSA) is 38.0 Å². The Kier molecular flexibility index (Phi) is 6.22. The van der Waals surface area contributed by atoms with Gasteiger partial charge >= 0.3 is 0 Å². The lowest BCUT2D eigenvalue weighted by atomic mass is 9.88. The largest absolute Gasteiger partial charge is 0.318 e. The first-order chi connectivity index (χ1) is 23.8. The highest BCUT2D eigenvalue weighted by molar-refractivity contribution is 6.14. The van der Waals surface area contributed by atoms with Crippen LogP contribution in [0.4, 0.5) is 5.69 Å². The van der Waals surface area contributed by atoms with Gasteiger partial charge in [0.25, 0.3) is 0 Å². The van der Waals surface area contributed by atoms with E-state index in [2.05, 4.69) is 105 Å². The van der Waals surface area contributed by atoms with Gasteiger partial charge in [0.15, 0.2) is 0 Å². The number of nitrogens with zero attached hydrogens (tertiary/aromatic N) is 4. The SMILES string of the molecule is [C-]#[N+]c1c(-c2ccccc2)c(C#N)c(-n2c3ccccc3c3ccccc32)c(-c2ccccc2)c1-n1c2ccccc2c2ccccc21. The molecule has 48 heavy (non-hydrogen) atoms. The van der Waals surface area contributed by atoms with Crippen LogP contribution >= 0.6 is 0 Å². The summed E-state index contributed by atoms with van der Waals surface area (Å²) < 4.78 is 4.48. The van der Waals surface area contributed by atoms with Gasteiger partial charge in [-0.2, -0.15) is 5.26 Å². The maximum atomic E-state index is 11.3. The van der Waals surface area contributed by atoms with E-state index in [1.54, 1.807) is 0 Å². The molecule has 0 radical (unpaired) electrons. The summed E-state index contributed by atoms with van der Waals surface area (Å²) >= 11 is 0. The van der Waals surface area contributed by atoms with Gasteiger partial charge in [0.05, 0.1) is 45.6 Å². The Morgan fingerprint density at radius 3 is 1.19 bits per heavy atom. The quantitative estimate of drug-likeness (QED) is 0.183. The van der Waals surface area contributed by atoms with Crippen molar-refractivity contribution >= 4 is 49.3 Å². The summed E-state index contributed by atoms with van der Waals surface area (Å²) in [6.45, 7) is 8.83. The number of rotatable bonds is 4. The average molecular weight is 611 g/mol. The smallest absolute Gasteiger partial charge is 0.220 e. The lowest BCUT2D eigenvalue weighted by molar-refractivity contribution is 1.13. The van der Waals surface area contributed by atoms with Crippen molar-refractivity contribution in [1.29, 1.82) is 5.26 Å². The molecule has 0 spiro atoms. The lowest BCUT2D eigenvalue weighted by Gasteiger charge is -2.25. The zero-order chi connectivity index (χ0) is 32.2. The van der Waals surface area contributed by atoms with Crippen molar-refractivity contribution in [3.05, 3.63) is 175 Å². The number of benzene rings is 7. The number of hydrogen-bond acceptors (Lipinski definition) is 1. The van der Waals surface area contributed by atoms with Crippen LogP contribution in [0.5, 0.6) is 0 Å². The van der Waals surface area contributed by atoms with Gasteiger partial charge in [-0.25, -0.2) is 4.85 Å². The van der Waals surface area contributed by atoms with Crippen LogP contribution in [-0.4, -0.2) is 9.13 Å². The Balaban J connectivity index is 1.63. The molecule has 222 valence electrons. The molecule has 0 saturated heterocycles. The molecule has 9 rings (SSSR count). The summed E-state index contributed by atoms with van der Waals surface area (Å²) in [5, 5.41) is 15.7. The van der Waals surface area contributed by atoms with Gasteiger partial charge in [0.2, 0.25) is 5.69 Å². The zero-order valence-corrected chi connectivity index (χ0v) is 25.8. The van der Waals surface area contributed by atoms with E-state index in [9.17, 15) is 5.26 Å². The molecular formula is C44H26N4. The van der Waals surface area contributed by atoms with Crippen LogP contribution in [0.15, 0.2) is 158 Å². The summed E-state index contributed by atoms with van der Waals surface area (Å²) in [6.07, 6.45) is 0. The fourth-order valence-corrected chi connectivity index (χ4v) is 7.46. The van der Waals surface area contributed by atoms with Crippen molar-refractivity contribution < 1.29 is 0 Å². The summed E-state index contributed by atoms with van der Waals surface area (Å²) in [6, 6.07) is 56.2. The van der Waals surface area contributed by atoms with Gasteiger partial charge in [0.1, 0.15) is 6.07 Å². The Morgan fingerprint density at radius 2 is 0.792 bits per heavy atom. The number of hydrogen-bond donors (Lipinski definition) is 0. The van der Waals surface area contributed by atoms with E-state index in [1.807, 2.05) is 72.8 Å². The van der Waals surface area contributed by atoms with Crippen LogP contribution in [-0.2, 0) is 0 Å². The highest BCUT2D eigenvalue weighted by Crippen LogP contribution is 2.51. The third-order valence-electron chi connectivity index (χ3n) is 9.38. The number of para-hydroxylation sites is 4. The minimum atomic E-state index is 0.438. The molecule has 0 amide bonds. The van der Waals surface area contributed by atoms with Gasteiger partial charge in [-0.3, -0.25) is 0 Å². The van der Waals surface area contributed by atoms with Crippen molar-refractivity contribution in [3.63, 3.8) is 0 Å². The summed E-state index contributed by atoms with van der Waals surface area (Å²) in [5.74, 6) is 0. The standard InChI is InChI=1S/C44H26N4/c1-46-42-40(29-16-4-2-5-17-29)35(28-45)43(47-36-24-12-8-20-31(36)32-21-9-13-25-37(32)47)41(30-18-6-3-7-19-30)44(42)48-38-26-14-10-22-33(38)34-23-11-15-27-39(34)48/h2-27H. The minimum Gasteiger partial charge on any atom is -0.318 e. The Bertz CT molecular complexity index is 2530. The van der Waals surface area contributed by atoms with E-state index < -0.39 is 0 Å². The molecule has 4 heteroatoms. The third-order valence-corrected chi connectivity index (χ3v) is 9.38. The van der Waals surface area contributed by atoms with Gasteiger partial charge in [0, 0.05) is 32.7 Å². The molecule has 0 bridgehead atoms. The molecule has 0 atom stereocenters. The molecule has 0 fully saturated rings. The first kappa shape index (κ1) is 27.4. The molecule has 9 aromatic rings. The monoisotopic (exact) mass is 610 g/mol. The highest BCUT2D eigenvalue weighted by Gasteiger charge is 2.31. The van der Waals surface area contributed by atoms with Gasteiger partial charge in [-0.15, -0.1) is 0 Å². The Hall–Kier alpha value is -6.88. The van der Waals surface area contributed by atoms with Crippen LogP contribution in [0.1, 0.15) is 5.56 Å². The molecule has 2 aromatic heterocycles. The highest BCUT2D eigenvalue weighted by atomic mass is 15.0. The van der Waals surface area contributed by atoms with Crippen molar-refractivity contribution in [2.24, 2.45) is 0 Å². The Morgan fingerprint density at radius 1 is 0.438 bits per heavy atom. The van der Waals surface area contributed by atoms with E-state index in [0.717, 1.165) is 71.7 Å². The van der Waals surface area contributed by atoms with Crippen molar-refractivity contribution in [2.75, 3.05) is 0 Å². The second-order valence-electron chi connectivity index (χ2n) is 11.9. The van der Waals surface area contributed by atoms with Crippen LogP contribution in [0, 0.1) is 17.9 Å². The fraction of sp³-hybridized carbons (Fsp3) is 0. The molecule has 7 aromatic carbocycles. The Labute approximate surface area is 277 Å². The van der Waals surface area contributed by atoms with Crippen molar-refractivity contribution in [1.82, 2.24) is 9.13 Å². The predicted octanol–water partition coefficient (Wildman–Crippen LogP) is 11.6. The van der Waals surface area contributed by atoms with E-state index >= 15 is 0 Å². The van der Waals surface area contributed by atoms with E-state index in [4.69, 9.17) is 6.57 Å². The maximum absolute atomic E-state index is 11.3. The lowest BCUT2D eigenvalue weighted by Crippen LogP contribution is -2.08. The third kappa shape index (κ3) is 3.88. The minimum absolute atomic E-state index is 0.438. The molecule has 4 nitrogen and oxygen atoms in total. The zero-order valence-electron chi connectivity index (χ0n) is 25.8.